The van der Waals surface area contributed by atoms with Crippen LogP contribution in [0, 0.1) is 5.82 Å². The third kappa shape index (κ3) is 4.79. The monoisotopic (exact) mass is 410 g/mol. The Morgan fingerprint density at radius 1 is 1.27 bits per heavy atom. The van der Waals surface area contributed by atoms with Crippen molar-refractivity contribution in [1.82, 2.24) is 15.2 Å². The van der Waals surface area contributed by atoms with Gasteiger partial charge in [0.25, 0.3) is 5.91 Å². The molecule has 2 N–H and O–H groups in total. The lowest BCUT2D eigenvalue weighted by molar-refractivity contribution is 0.0944. The molecule has 2 aromatic heterocycles. The molecule has 0 saturated carbocycles. The van der Waals surface area contributed by atoms with Crippen molar-refractivity contribution >= 4 is 28.4 Å². The highest BCUT2D eigenvalue weighted by Crippen LogP contribution is 2.26. The molecule has 1 aromatic carbocycles. The number of benzene rings is 1. The van der Waals surface area contributed by atoms with Crippen LogP contribution in [0.1, 0.15) is 43.1 Å². The quantitative estimate of drug-likeness (QED) is 0.552. The van der Waals surface area contributed by atoms with Gasteiger partial charge in [0, 0.05) is 30.9 Å². The van der Waals surface area contributed by atoms with Gasteiger partial charge >= 0.3 is 0 Å². The Balaban J connectivity index is 1.40. The van der Waals surface area contributed by atoms with E-state index in [1.165, 1.54) is 31.4 Å². The Morgan fingerprint density at radius 3 is 2.90 bits per heavy atom. The van der Waals surface area contributed by atoms with Crippen molar-refractivity contribution in [3.63, 3.8) is 0 Å². The van der Waals surface area contributed by atoms with Gasteiger partial charge in [0.2, 0.25) is 0 Å². The Bertz CT molecular complexity index is 1000. The summed E-state index contributed by atoms with van der Waals surface area (Å²) in [5.74, 6) is -0.0451. The fourth-order valence-electron chi connectivity index (χ4n) is 3.91. The number of carbonyl (C=O) groups excluding carboxylic acids is 1. The van der Waals surface area contributed by atoms with Gasteiger partial charge in [-0.3, -0.25) is 4.79 Å². The molecule has 1 aliphatic heterocycles. The van der Waals surface area contributed by atoms with Gasteiger partial charge in [0.15, 0.2) is 0 Å². The number of likely N-dealkylation sites (tertiary alicyclic amines) is 1. The van der Waals surface area contributed by atoms with Crippen LogP contribution < -0.4 is 10.6 Å². The fourth-order valence-corrected chi connectivity index (χ4v) is 3.91. The number of nitrogens with one attached hydrogen (secondary N) is 2. The fraction of sp³-hybridized carbons (Fsp3) is 0.391. The van der Waals surface area contributed by atoms with Crippen molar-refractivity contribution < 1.29 is 13.6 Å². The van der Waals surface area contributed by atoms with Crippen LogP contribution in [-0.2, 0) is 0 Å². The first kappa shape index (κ1) is 20.3. The second-order valence-electron chi connectivity index (χ2n) is 7.81. The standard InChI is InChI=1S/C23H27FN4O2/c1-16-5-2-3-12-28(16)13-4-11-25-23(29)20-15-21-19(10-14-30-21)22(27-20)26-18-8-6-17(24)7-9-18/h6-10,14-16H,2-5,11-13H2,1H3,(H,25,29)(H,26,27)/t16-/m1/s1. The molecule has 0 aliphatic carbocycles. The average Bonchev–Trinajstić information content (AvgIpc) is 3.23. The van der Waals surface area contributed by atoms with E-state index in [9.17, 15) is 9.18 Å². The molecule has 7 heteroatoms. The van der Waals surface area contributed by atoms with E-state index < -0.39 is 0 Å². The normalized spacial score (nSPS) is 17.2. The summed E-state index contributed by atoms with van der Waals surface area (Å²) in [5, 5.41) is 6.87. The maximum absolute atomic E-state index is 13.2. The zero-order valence-corrected chi connectivity index (χ0v) is 17.2. The van der Waals surface area contributed by atoms with Crippen LogP contribution in [0.15, 0.2) is 47.1 Å². The molecule has 0 radical (unpaired) electrons. The Labute approximate surface area is 175 Å². The number of nitrogens with zero attached hydrogens (tertiary/aromatic N) is 2. The molecular weight excluding hydrogens is 383 g/mol. The predicted octanol–water partition coefficient (Wildman–Crippen LogP) is 4.70. The highest BCUT2D eigenvalue weighted by molar-refractivity contribution is 5.99. The molecule has 1 fully saturated rings. The Hall–Kier alpha value is -2.93. The molecule has 30 heavy (non-hydrogen) atoms. The molecule has 4 rings (SSSR count). The number of rotatable bonds is 7. The van der Waals surface area contributed by atoms with E-state index in [-0.39, 0.29) is 17.4 Å². The van der Waals surface area contributed by atoms with Crippen molar-refractivity contribution in [2.24, 2.45) is 0 Å². The van der Waals surface area contributed by atoms with Crippen LogP contribution in [0.3, 0.4) is 0 Å². The van der Waals surface area contributed by atoms with Gasteiger partial charge in [0.05, 0.1) is 11.6 Å². The first-order valence-corrected chi connectivity index (χ1v) is 10.5. The summed E-state index contributed by atoms with van der Waals surface area (Å²) in [6.07, 6.45) is 6.28. The lowest BCUT2D eigenvalue weighted by atomic mass is 10.0. The second-order valence-corrected chi connectivity index (χ2v) is 7.81. The lowest BCUT2D eigenvalue weighted by Crippen LogP contribution is -2.39. The number of furan rings is 1. The third-order valence-corrected chi connectivity index (χ3v) is 5.64. The number of aromatic nitrogens is 1. The van der Waals surface area contributed by atoms with Crippen LogP contribution in [0.2, 0.25) is 0 Å². The SMILES string of the molecule is C[C@@H]1CCCCN1CCCNC(=O)c1cc2occc2c(Nc2ccc(F)cc2)n1. The molecule has 0 spiro atoms. The maximum atomic E-state index is 13.2. The van der Waals surface area contributed by atoms with E-state index in [1.54, 1.807) is 30.5 Å². The second kappa shape index (κ2) is 9.26. The summed E-state index contributed by atoms with van der Waals surface area (Å²) in [6, 6.07) is 10.0. The number of halogens is 1. The lowest BCUT2D eigenvalue weighted by Gasteiger charge is -2.33. The number of anilines is 2. The van der Waals surface area contributed by atoms with E-state index in [4.69, 9.17) is 4.42 Å². The molecule has 0 bridgehead atoms. The topological polar surface area (TPSA) is 70.4 Å². The minimum Gasteiger partial charge on any atom is -0.464 e. The highest BCUT2D eigenvalue weighted by atomic mass is 19.1. The maximum Gasteiger partial charge on any atom is 0.270 e. The van der Waals surface area contributed by atoms with Crippen molar-refractivity contribution in [2.75, 3.05) is 25.0 Å². The molecule has 1 atom stereocenters. The molecule has 1 amide bonds. The zero-order valence-electron chi connectivity index (χ0n) is 17.2. The van der Waals surface area contributed by atoms with E-state index in [0.717, 1.165) is 24.9 Å². The van der Waals surface area contributed by atoms with Gasteiger partial charge in [-0.2, -0.15) is 0 Å². The number of amides is 1. The van der Waals surface area contributed by atoms with E-state index in [1.807, 2.05) is 0 Å². The number of fused-ring (bicyclic) bond motifs is 1. The van der Waals surface area contributed by atoms with Crippen LogP contribution in [0.25, 0.3) is 11.0 Å². The number of hydrogen-bond donors (Lipinski definition) is 2. The summed E-state index contributed by atoms with van der Waals surface area (Å²) >= 11 is 0. The summed E-state index contributed by atoms with van der Waals surface area (Å²) in [4.78, 5) is 19.6. The van der Waals surface area contributed by atoms with Crippen molar-refractivity contribution in [3.05, 3.63) is 54.2 Å². The first-order valence-electron chi connectivity index (χ1n) is 10.5. The van der Waals surface area contributed by atoms with Crippen LogP contribution in [-0.4, -0.2) is 41.5 Å². The third-order valence-electron chi connectivity index (χ3n) is 5.64. The molecular formula is C23H27FN4O2. The molecule has 6 nitrogen and oxygen atoms in total. The zero-order chi connectivity index (χ0) is 20.9. The van der Waals surface area contributed by atoms with Crippen molar-refractivity contribution in [3.8, 4) is 0 Å². The minimum atomic E-state index is -0.311. The number of pyridine rings is 1. The van der Waals surface area contributed by atoms with Gasteiger partial charge in [-0.1, -0.05) is 6.42 Å². The smallest absolute Gasteiger partial charge is 0.270 e. The van der Waals surface area contributed by atoms with Crippen LogP contribution in [0.4, 0.5) is 15.9 Å². The van der Waals surface area contributed by atoms with Crippen LogP contribution in [0.5, 0.6) is 0 Å². The minimum absolute atomic E-state index is 0.234. The van der Waals surface area contributed by atoms with Gasteiger partial charge < -0.3 is 20.0 Å². The van der Waals surface area contributed by atoms with E-state index in [0.29, 0.717) is 29.7 Å². The summed E-state index contributed by atoms with van der Waals surface area (Å²) in [7, 11) is 0. The highest BCUT2D eigenvalue weighted by Gasteiger charge is 2.18. The van der Waals surface area contributed by atoms with Gasteiger partial charge in [-0.25, -0.2) is 9.37 Å². The Kier molecular flexibility index (Phi) is 6.28. The number of hydrogen-bond acceptors (Lipinski definition) is 5. The Morgan fingerprint density at radius 2 is 2.10 bits per heavy atom. The van der Waals surface area contributed by atoms with Crippen molar-refractivity contribution in [2.45, 2.75) is 38.6 Å². The van der Waals surface area contributed by atoms with Crippen molar-refractivity contribution in [1.29, 1.82) is 0 Å². The molecule has 1 aliphatic rings. The predicted molar refractivity (Wildman–Crippen MR) is 116 cm³/mol. The summed E-state index contributed by atoms with van der Waals surface area (Å²) in [5.41, 5.74) is 1.54. The average molecular weight is 410 g/mol. The summed E-state index contributed by atoms with van der Waals surface area (Å²) in [6.45, 7) is 5.00. The molecule has 158 valence electrons. The van der Waals surface area contributed by atoms with Crippen LogP contribution >= 0.6 is 0 Å². The van der Waals surface area contributed by atoms with E-state index >= 15 is 0 Å². The molecule has 3 aromatic rings. The molecule has 1 saturated heterocycles. The van der Waals surface area contributed by atoms with Gasteiger partial charge in [0.1, 0.15) is 22.9 Å². The molecule has 0 unspecified atom stereocenters. The van der Waals surface area contributed by atoms with Gasteiger partial charge in [-0.15, -0.1) is 0 Å². The first-order chi connectivity index (χ1) is 14.6. The number of carbonyl (C=O) groups is 1. The number of piperidine rings is 1. The largest absolute Gasteiger partial charge is 0.464 e. The van der Waals surface area contributed by atoms with E-state index in [2.05, 4.69) is 27.4 Å². The van der Waals surface area contributed by atoms with Gasteiger partial charge in [-0.05, 0) is 63.1 Å². The molecule has 3 heterocycles. The summed E-state index contributed by atoms with van der Waals surface area (Å²) < 4.78 is 18.7.